The van der Waals surface area contributed by atoms with Crippen molar-refractivity contribution in [1.29, 1.82) is 0 Å². The number of aromatic nitrogens is 15. The van der Waals surface area contributed by atoms with E-state index < -0.39 is 0 Å². The lowest BCUT2D eigenvalue weighted by atomic mass is 9.98. The molecule has 0 fully saturated rings. The SMILES string of the molecule is Cc1cc(C)c(C)c(-c2nc3cncc(C(C)C)c3c[n+]2C)c1.Cc1cc(C)c(C)c(-c2nc3cnccc3c[n+]2C)c1.Cc1cc(C)c(C)c(-c2nc3nccc(C(C)C)c3c[n+]2C)c1.Cc1cc(C)c(C)c(-c2nc3nccc(CC(C)C)c3c[n+]2C)c1.Cc1cc(C)c(C)c(-c2nc3ncccc3c[n+]2C)c1. The molecule has 0 amide bonds. The molecule has 15 heteroatoms. The number of nitrogens with zero attached hydrogens (tertiary/aromatic N) is 15. The molecule has 110 heavy (non-hydrogen) atoms. The molecule has 15 rings (SSSR count). The van der Waals surface area contributed by atoms with E-state index in [2.05, 4.69) is 318 Å². The molecule has 15 aromatic rings. The molecule has 0 atom stereocenters. The van der Waals surface area contributed by atoms with Crippen molar-refractivity contribution >= 4 is 54.9 Å². The third kappa shape index (κ3) is 17.5. The van der Waals surface area contributed by atoms with Crippen molar-refractivity contribution in [2.45, 2.75) is 164 Å². The van der Waals surface area contributed by atoms with E-state index >= 15 is 0 Å². The largest absolute Gasteiger partial charge is 0.333 e. The zero-order chi connectivity index (χ0) is 79.4. The third-order valence-corrected chi connectivity index (χ3v) is 21.2. The van der Waals surface area contributed by atoms with Crippen LogP contribution in [0, 0.1) is 110 Å². The second-order valence-electron chi connectivity index (χ2n) is 31.4. The van der Waals surface area contributed by atoms with Gasteiger partial charge in [-0.15, -0.1) is 0 Å². The Morgan fingerprint density at radius 1 is 0.309 bits per heavy atom. The van der Waals surface area contributed by atoms with E-state index in [4.69, 9.17) is 24.9 Å². The molecule has 0 saturated carbocycles. The summed E-state index contributed by atoms with van der Waals surface area (Å²) >= 11 is 0. The molecule has 0 unspecified atom stereocenters. The average Bonchev–Trinajstić information content (AvgIpc) is 0.780. The second-order valence-corrected chi connectivity index (χ2v) is 31.4. The van der Waals surface area contributed by atoms with Gasteiger partial charge < -0.3 is 0 Å². The van der Waals surface area contributed by atoms with Crippen LogP contribution in [0.5, 0.6) is 0 Å². The monoisotopic (exact) mass is 1460 g/mol. The van der Waals surface area contributed by atoms with Crippen LogP contribution >= 0.6 is 0 Å². The molecule has 0 spiro atoms. The smallest absolute Gasteiger partial charge is 0.260 e. The number of aryl methyl sites for hydroxylation is 15. The maximum absolute atomic E-state index is 4.93. The fourth-order valence-electron chi connectivity index (χ4n) is 14.8. The summed E-state index contributed by atoms with van der Waals surface area (Å²) in [5.74, 6) is 6.37. The lowest BCUT2D eigenvalue weighted by Gasteiger charge is -2.10. The highest BCUT2D eigenvalue weighted by atomic mass is 15.1. The Balaban J connectivity index is 0.000000137. The van der Waals surface area contributed by atoms with Crippen LogP contribution in [-0.2, 0) is 41.7 Å². The highest BCUT2D eigenvalue weighted by Gasteiger charge is 2.27. The molecule has 560 valence electrons. The third-order valence-electron chi connectivity index (χ3n) is 21.2. The average molecular weight is 1460 g/mol. The number of hydrogen-bond donors (Lipinski definition) is 0. The molecule has 0 bridgehead atoms. The van der Waals surface area contributed by atoms with E-state index in [1.54, 1.807) is 12.4 Å². The topological polar surface area (TPSA) is 148 Å². The van der Waals surface area contributed by atoms with Crippen molar-refractivity contribution in [1.82, 2.24) is 49.8 Å². The standard InChI is InChI=1S/C21H26N3.2C20H24N3.2C17H18N3/c1-13(2)9-17-7-8-22-20-19(17)12-24(6)21(23-20)18-11-14(3)10-15(4)16(18)5;1-12(2)17-9-21-10-19-18(17)11-23(6)20(22-19)16-8-13(3)7-14(4)15(16)5;1-12(2)16-7-8-21-19-18(16)11-23(6)20(22-19)17-10-13(3)9-14(4)15(17)5;1-11-7-12(2)13(3)15(8-11)17-19-16-9-18-6-5-14(16)10-20(17)4;1-11-8-12(2)13(3)15(9-11)17-19-16-14(10-20(17)4)6-5-7-18-16/h7-8,10-13H,9H2,1-6H3;2*7-12H,1-6H3;2*5-10H,1-4H3/q5*+1. The first-order valence-corrected chi connectivity index (χ1v) is 38.3. The first-order valence-electron chi connectivity index (χ1n) is 38.3. The highest BCUT2D eigenvalue weighted by Crippen LogP contribution is 2.33. The van der Waals surface area contributed by atoms with Crippen molar-refractivity contribution < 1.29 is 22.8 Å². The molecule has 0 radical (unpaired) electrons. The van der Waals surface area contributed by atoms with Crippen LogP contribution in [0.2, 0.25) is 0 Å². The number of pyridine rings is 5. The van der Waals surface area contributed by atoms with Crippen molar-refractivity contribution in [3.63, 3.8) is 0 Å². The lowest BCUT2D eigenvalue weighted by molar-refractivity contribution is -0.661. The Kier molecular flexibility index (Phi) is 24.3. The quantitative estimate of drug-likeness (QED) is 0.128. The van der Waals surface area contributed by atoms with E-state index in [0.717, 1.165) is 85.1 Å². The van der Waals surface area contributed by atoms with Crippen molar-refractivity contribution in [2.75, 3.05) is 0 Å². The van der Waals surface area contributed by atoms with Gasteiger partial charge in [-0.3, -0.25) is 9.97 Å². The zero-order valence-electron chi connectivity index (χ0n) is 69.7. The van der Waals surface area contributed by atoms with E-state index in [1.807, 2.05) is 63.3 Å². The zero-order valence-corrected chi connectivity index (χ0v) is 69.7. The van der Waals surface area contributed by atoms with E-state index in [0.29, 0.717) is 17.8 Å². The summed E-state index contributed by atoms with van der Waals surface area (Å²) in [6, 6.07) is 32.3. The predicted molar refractivity (Wildman–Crippen MR) is 449 cm³/mol. The molecule has 0 aliphatic rings. The Morgan fingerprint density at radius 2 is 0.673 bits per heavy atom. The van der Waals surface area contributed by atoms with Crippen LogP contribution in [0.25, 0.3) is 112 Å². The normalized spacial score (nSPS) is 11.3. The summed E-state index contributed by atoms with van der Waals surface area (Å²) in [6.45, 7) is 45.5. The van der Waals surface area contributed by atoms with Gasteiger partial charge in [0, 0.05) is 31.0 Å². The van der Waals surface area contributed by atoms with Crippen molar-refractivity contribution in [2.24, 2.45) is 41.2 Å². The molecular formula is C95H110N15+5. The van der Waals surface area contributed by atoms with Crippen LogP contribution in [0.1, 0.15) is 154 Å². The Morgan fingerprint density at radius 3 is 1.12 bits per heavy atom. The van der Waals surface area contributed by atoms with Gasteiger partial charge in [0.15, 0.2) is 0 Å². The van der Waals surface area contributed by atoms with Gasteiger partial charge in [0.05, 0.1) is 102 Å². The summed E-state index contributed by atoms with van der Waals surface area (Å²) in [5.41, 5.74) is 33.3. The first-order chi connectivity index (χ1) is 52.2. The number of fused-ring (bicyclic) bond motifs is 5. The minimum atomic E-state index is 0.432. The van der Waals surface area contributed by atoms with Crippen molar-refractivity contribution in [3.05, 3.63) is 265 Å². The molecule has 0 N–H and O–H groups in total. The van der Waals surface area contributed by atoms with Crippen LogP contribution in [0.15, 0.2) is 165 Å². The van der Waals surface area contributed by atoms with Crippen molar-refractivity contribution in [3.8, 4) is 56.9 Å². The van der Waals surface area contributed by atoms with Gasteiger partial charge in [0.2, 0.25) is 11.0 Å². The summed E-state index contributed by atoms with van der Waals surface area (Å²) in [6.07, 6.45) is 24.7. The van der Waals surface area contributed by atoms with Gasteiger partial charge in [-0.2, -0.15) is 0 Å². The molecule has 5 aromatic carbocycles. The Hall–Kier alpha value is -11.5. The number of hydrogen-bond acceptors (Lipinski definition) is 10. The Labute approximate surface area is 651 Å². The van der Waals surface area contributed by atoms with Gasteiger partial charge in [-0.25, -0.2) is 37.8 Å². The van der Waals surface area contributed by atoms with Gasteiger partial charge in [-0.1, -0.05) is 71.9 Å². The van der Waals surface area contributed by atoms with E-state index in [1.165, 1.54) is 133 Å². The maximum atomic E-state index is 4.93. The van der Waals surface area contributed by atoms with Gasteiger partial charge in [0.25, 0.3) is 16.9 Å². The molecular weight excluding hydrogens is 1350 g/mol. The second kappa shape index (κ2) is 33.6. The summed E-state index contributed by atoms with van der Waals surface area (Å²) in [7, 11) is 10.3. The minimum Gasteiger partial charge on any atom is -0.260 e. The van der Waals surface area contributed by atoms with E-state index in [9.17, 15) is 0 Å². The summed E-state index contributed by atoms with van der Waals surface area (Å²) < 4.78 is 10.6. The van der Waals surface area contributed by atoms with Crippen LogP contribution in [-0.4, -0.2) is 49.8 Å². The summed E-state index contributed by atoms with van der Waals surface area (Å²) in [4.78, 5) is 46.2. The molecule has 10 heterocycles. The highest BCUT2D eigenvalue weighted by molar-refractivity contribution is 5.83. The number of rotatable bonds is 9. The van der Waals surface area contributed by atoms with E-state index in [-0.39, 0.29) is 0 Å². The minimum absolute atomic E-state index is 0.432. The molecule has 0 aliphatic heterocycles. The first kappa shape index (κ1) is 79.6. The van der Waals surface area contributed by atoms with Crippen LogP contribution < -0.4 is 22.8 Å². The Bertz CT molecular complexity index is 5720. The fourth-order valence-corrected chi connectivity index (χ4v) is 14.8. The predicted octanol–water partition coefficient (Wildman–Crippen LogP) is 18.7. The molecule has 10 aromatic heterocycles. The van der Waals surface area contributed by atoms with Crippen LogP contribution in [0.4, 0.5) is 0 Å². The van der Waals surface area contributed by atoms with Gasteiger partial charge in [-0.05, 0) is 314 Å². The lowest BCUT2D eigenvalue weighted by Crippen LogP contribution is -2.32. The summed E-state index contributed by atoms with van der Waals surface area (Å²) in [5, 5.41) is 5.63. The van der Waals surface area contributed by atoms with Gasteiger partial charge in [0.1, 0.15) is 31.0 Å². The molecule has 0 aliphatic carbocycles. The maximum Gasteiger partial charge on any atom is 0.333 e. The number of benzene rings is 5. The molecule has 15 nitrogen and oxygen atoms in total. The van der Waals surface area contributed by atoms with Crippen LogP contribution in [0.3, 0.4) is 0 Å². The van der Waals surface area contributed by atoms with Gasteiger partial charge >= 0.3 is 29.1 Å². The molecule has 0 saturated heterocycles. The fraction of sp³-hybridized carbons (Fsp3) is 0.316.